The fourth-order valence-electron chi connectivity index (χ4n) is 4.16. The summed E-state index contributed by atoms with van der Waals surface area (Å²) in [5.41, 5.74) is 0. The van der Waals surface area contributed by atoms with Gasteiger partial charge in [-0.3, -0.25) is 0 Å². The molecule has 0 aliphatic rings. The third-order valence-electron chi connectivity index (χ3n) is 6.52. The van der Waals surface area contributed by atoms with Crippen LogP contribution in [0.15, 0.2) is 30.3 Å². The average Bonchev–Trinajstić information content (AvgIpc) is 3.10. The second-order valence-electron chi connectivity index (χ2n) is 10.8. The van der Waals surface area contributed by atoms with Crippen molar-refractivity contribution in [1.82, 2.24) is 0 Å². The number of rotatable bonds is 31. The van der Waals surface area contributed by atoms with Crippen molar-refractivity contribution in [3.63, 3.8) is 0 Å². The zero-order chi connectivity index (χ0) is 37.8. The van der Waals surface area contributed by atoms with Gasteiger partial charge in [-0.1, -0.05) is 30.3 Å². The van der Waals surface area contributed by atoms with Gasteiger partial charge in [-0.05, 0) is 48.5 Å². The maximum absolute atomic E-state index is 6.03. The van der Waals surface area contributed by atoms with Crippen LogP contribution in [0.25, 0.3) is 0 Å². The summed E-state index contributed by atoms with van der Waals surface area (Å²) in [6.45, 7) is 28.8. The zero-order valence-corrected chi connectivity index (χ0v) is 37.4. The summed E-state index contributed by atoms with van der Waals surface area (Å²) in [7, 11) is -5.47. The Labute approximate surface area is 314 Å². The molecule has 0 bridgehead atoms. The van der Waals surface area contributed by atoms with Crippen LogP contribution in [0, 0.1) is 0 Å². The molecule has 0 saturated carbocycles. The van der Waals surface area contributed by atoms with Crippen LogP contribution in [-0.2, 0) is 62.4 Å². The first-order valence-corrected chi connectivity index (χ1v) is 25.3. The Morgan fingerprint density at radius 2 is 0.680 bits per heavy atom. The molecule has 1 rings (SSSR count). The molecule has 0 spiro atoms. The van der Waals surface area contributed by atoms with Crippen molar-refractivity contribution in [1.29, 1.82) is 0 Å². The molecule has 0 radical (unpaired) electrons. The molecule has 0 N–H and O–H groups in total. The molecule has 0 unspecified atom stereocenters. The Kier molecular flexibility index (Phi) is 37.4. The Morgan fingerprint density at radius 3 is 0.920 bits per heavy atom. The molecule has 0 heterocycles. The molecule has 298 valence electrons. The molecule has 1 aromatic carbocycles. The normalized spacial score (nSPS) is 11.9. The first-order valence-electron chi connectivity index (χ1n) is 19.4. The summed E-state index contributed by atoms with van der Waals surface area (Å²) in [6, 6.07) is 9.95. The molecule has 0 aliphatic heterocycles. The molecule has 14 heteroatoms. The predicted octanol–water partition coefficient (Wildman–Crippen LogP) is 8.58. The van der Waals surface area contributed by atoms with E-state index in [4.69, 9.17) is 44.3 Å². The minimum absolute atomic E-state index is 0.548. The summed E-state index contributed by atoms with van der Waals surface area (Å²) in [4.78, 5) is 0. The van der Waals surface area contributed by atoms with Crippen LogP contribution >= 0.6 is 0 Å². The first-order chi connectivity index (χ1) is 24.3. The van der Waals surface area contributed by atoms with Gasteiger partial charge in [-0.2, -0.15) is 0 Å². The van der Waals surface area contributed by atoms with E-state index in [0.717, 1.165) is 56.6 Å². The molecular weight excluding hydrogens is 712 g/mol. The summed E-state index contributed by atoms with van der Waals surface area (Å²) in [5.74, 6) is 0. The van der Waals surface area contributed by atoms with Crippen molar-refractivity contribution >= 4 is 23.0 Å². The summed E-state index contributed by atoms with van der Waals surface area (Å²) < 4.78 is 63.2. The number of hydrogen-bond acceptors (Lipinski definition) is 11. The van der Waals surface area contributed by atoms with Crippen LogP contribution in [0.1, 0.15) is 128 Å². The largest absolute Gasteiger partial charge is 0.679 e. The molecule has 0 aliphatic carbocycles. The Bertz CT molecular complexity index is 738. The van der Waals surface area contributed by atoms with Crippen LogP contribution < -0.4 is 5.19 Å². The number of benzene rings is 1. The fraction of sp³-hybridized carbons (Fsp3) is 0.833. The summed E-state index contributed by atoms with van der Waals surface area (Å²) in [6.07, 6.45) is 8.54. The second-order valence-corrected chi connectivity index (χ2v) is 18.8. The van der Waals surface area contributed by atoms with Gasteiger partial charge >= 0.3 is 155 Å². The van der Waals surface area contributed by atoms with Gasteiger partial charge in [0.15, 0.2) is 0 Å². The fourth-order valence-corrected chi connectivity index (χ4v) is 11.8. The van der Waals surface area contributed by atoms with Crippen molar-refractivity contribution < 1.29 is 62.4 Å². The van der Waals surface area contributed by atoms with E-state index in [-0.39, 0.29) is 0 Å². The summed E-state index contributed by atoms with van der Waals surface area (Å²) in [5, 5.41) is 1.03. The van der Waals surface area contributed by atoms with Crippen molar-refractivity contribution in [3.8, 4) is 0 Å². The molecule has 1 aromatic rings. The van der Waals surface area contributed by atoms with Gasteiger partial charge < -0.3 is 31.0 Å². The summed E-state index contributed by atoms with van der Waals surface area (Å²) >= 11 is -3.52. The number of unbranched alkanes of at least 4 members (excludes halogenated alkanes) is 4. The SMILES string of the molecule is CCCC[O][Ti]([O]CCCC)([O]CCCC)[O]CCCC.CCO[Si](OCC)(OCC)OCC.CCO[Si](OCC)(OCC)c1ccccc1. The number of hydrogen-bond donors (Lipinski definition) is 0. The van der Waals surface area contributed by atoms with Crippen LogP contribution in [0.2, 0.25) is 0 Å². The minimum Gasteiger partial charge on any atom is -0.370 e. The zero-order valence-electron chi connectivity index (χ0n) is 33.8. The predicted molar refractivity (Wildman–Crippen MR) is 202 cm³/mol. The smallest absolute Gasteiger partial charge is 0.370 e. The average molecular weight is 789 g/mol. The van der Waals surface area contributed by atoms with E-state index in [0.29, 0.717) is 72.7 Å². The van der Waals surface area contributed by atoms with Gasteiger partial charge in [0.25, 0.3) is 0 Å². The van der Waals surface area contributed by atoms with E-state index in [1.165, 1.54) is 0 Å². The molecule has 0 fully saturated rings. The first kappa shape index (κ1) is 52.0. The maximum Gasteiger partial charge on any atom is 0.679 e. The Balaban J connectivity index is 0. The van der Waals surface area contributed by atoms with E-state index >= 15 is 0 Å². The molecule has 0 amide bonds. The van der Waals surface area contributed by atoms with Crippen molar-refractivity contribution in [2.24, 2.45) is 0 Å². The Morgan fingerprint density at radius 1 is 0.400 bits per heavy atom. The molecule has 0 saturated heterocycles. The topological polar surface area (TPSA) is 102 Å². The van der Waals surface area contributed by atoms with Gasteiger partial charge in [0.05, 0.1) is 0 Å². The molecule has 0 aromatic heterocycles. The van der Waals surface area contributed by atoms with Gasteiger partial charge in [-0.15, -0.1) is 0 Å². The van der Waals surface area contributed by atoms with Gasteiger partial charge in [0.2, 0.25) is 0 Å². The van der Waals surface area contributed by atoms with Crippen molar-refractivity contribution in [3.05, 3.63) is 30.3 Å². The van der Waals surface area contributed by atoms with Crippen molar-refractivity contribution in [2.75, 3.05) is 72.7 Å². The van der Waals surface area contributed by atoms with Crippen LogP contribution in [0.3, 0.4) is 0 Å². The van der Waals surface area contributed by atoms with Crippen molar-refractivity contribution in [2.45, 2.75) is 128 Å². The van der Waals surface area contributed by atoms with Crippen LogP contribution in [0.5, 0.6) is 0 Å². The Hall–Kier alpha value is -0.0719. The van der Waals surface area contributed by atoms with Crippen LogP contribution in [0.4, 0.5) is 0 Å². The monoisotopic (exact) mass is 788 g/mol. The van der Waals surface area contributed by atoms with Gasteiger partial charge in [0, 0.05) is 51.4 Å². The minimum atomic E-state index is -3.52. The van der Waals surface area contributed by atoms with Gasteiger partial charge in [-0.25, -0.2) is 0 Å². The quantitative estimate of drug-likeness (QED) is 0.0534. The standard InChI is InChI=1S/C12H20O3Si.C8H20O4Si.4C4H9O.Ti/c1-4-13-16(14-5-2,15-6-3)12-10-8-7-9-11-12;1-5-9-13(10-6-2,11-7-3)12-8-4;4*1-2-3-4-5;/h7-11H,4-6H2,1-3H3;5-8H2,1-4H3;4*2-4H2,1H3;/q;;4*-1;+4. The third kappa shape index (κ3) is 24.3. The molecule has 50 heavy (non-hydrogen) atoms. The maximum atomic E-state index is 6.03. The third-order valence-corrected chi connectivity index (χ3v) is 15.6. The van der Waals surface area contributed by atoms with Crippen LogP contribution in [-0.4, -0.2) is 90.5 Å². The van der Waals surface area contributed by atoms with E-state index in [1.807, 2.05) is 78.8 Å². The molecule has 11 nitrogen and oxygen atoms in total. The van der Waals surface area contributed by atoms with E-state index in [1.54, 1.807) is 0 Å². The molecular formula is C36H76O11Si2Ti. The second kappa shape index (κ2) is 35.9. The molecule has 0 atom stereocenters. The van der Waals surface area contributed by atoms with E-state index < -0.39 is 36.0 Å². The van der Waals surface area contributed by atoms with E-state index in [9.17, 15) is 0 Å². The van der Waals surface area contributed by atoms with Gasteiger partial charge in [0.1, 0.15) is 0 Å². The van der Waals surface area contributed by atoms with E-state index in [2.05, 4.69) is 27.7 Å².